The van der Waals surface area contributed by atoms with E-state index in [0.717, 1.165) is 11.3 Å². The van der Waals surface area contributed by atoms with Crippen LogP contribution in [0.3, 0.4) is 0 Å². The molecule has 0 spiro atoms. The first-order valence-corrected chi connectivity index (χ1v) is 8.00. The minimum atomic E-state index is -0.411. The van der Waals surface area contributed by atoms with Crippen LogP contribution in [0.2, 0.25) is 0 Å². The molecule has 0 aliphatic rings. The lowest BCUT2D eigenvalue weighted by Crippen LogP contribution is -2.41. The van der Waals surface area contributed by atoms with Gasteiger partial charge < -0.3 is 15.8 Å². The van der Waals surface area contributed by atoms with Crippen molar-refractivity contribution in [2.24, 2.45) is 11.7 Å². The van der Waals surface area contributed by atoms with E-state index in [-0.39, 0.29) is 11.9 Å². The van der Waals surface area contributed by atoms with Gasteiger partial charge in [-0.1, -0.05) is 26.0 Å². The smallest absolute Gasteiger partial charge is 0.220 e. The van der Waals surface area contributed by atoms with Gasteiger partial charge in [-0.05, 0) is 50.8 Å². The van der Waals surface area contributed by atoms with E-state index in [1.165, 1.54) is 0 Å². The van der Waals surface area contributed by atoms with Gasteiger partial charge in [-0.25, -0.2) is 0 Å². The molecular weight excluding hydrogens is 276 g/mol. The maximum Gasteiger partial charge on any atom is 0.220 e. The van der Waals surface area contributed by atoms with E-state index >= 15 is 0 Å². The molecule has 0 aliphatic heterocycles. The predicted molar refractivity (Wildman–Crippen MR) is 90.8 cm³/mol. The Hall–Kier alpha value is -1.55. The number of rotatable bonds is 8. The Morgan fingerprint density at radius 2 is 1.82 bits per heavy atom. The topological polar surface area (TPSA) is 64.3 Å². The molecule has 0 fully saturated rings. The van der Waals surface area contributed by atoms with Crippen LogP contribution in [-0.2, 0) is 10.3 Å². The molecule has 1 atom stereocenters. The average Bonchev–Trinajstić information content (AvgIpc) is 2.43. The number of hydrogen-bond donors (Lipinski definition) is 2. The Morgan fingerprint density at radius 3 is 2.32 bits per heavy atom. The minimum Gasteiger partial charge on any atom is -0.493 e. The highest BCUT2D eigenvalue weighted by atomic mass is 16.5. The zero-order valence-electron chi connectivity index (χ0n) is 14.5. The van der Waals surface area contributed by atoms with Gasteiger partial charge in [-0.3, -0.25) is 4.79 Å². The summed E-state index contributed by atoms with van der Waals surface area (Å²) in [4.78, 5) is 12.0. The summed E-state index contributed by atoms with van der Waals surface area (Å²) in [6.45, 7) is 10.9. The third-order valence-corrected chi connectivity index (χ3v) is 3.44. The predicted octanol–water partition coefficient (Wildman–Crippen LogP) is 3.20. The monoisotopic (exact) mass is 306 g/mol. The van der Waals surface area contributed by atoms with Crippen LogP contribution in [0.1, 0.15) is 53.0 Å². The average molecular weight is 306 g/mol. The van der Waals surface area contributed by atoms with Crippen LogP contribution in [0.5, 0.6) is 5.75 Å². The molecule has 1 aromatic rings. The fraction of sp³-hybridized carbons (Fsp3) is 0.611. The summed E-state index contributed by atoms with van der Waals surface area (Å²) >= 11 is 0. The second kappa shape index (κ2) is 8.18. The zero-order chi connectivity index (χ0) is 16.8. The van der Waals surface area contributed by atoms with Gasteiger partial charge in [0.15, 0.2) is 0 Å². The highest BCUT2D eigenvalue weighted by molar-refractivity contribution is 5.77. The number of ether oxygens (including phenoxy) is 1. The van der Waals surface area contributed by atoms with Crippen molar-refractivity contribution >= 4 is 5.91 Å². The number of hydrogen-bond acceptors (Lipinski definition) is 3. The Bertz CT molecular complexity index is 464. The number of benzene rings is 1. The first-order chi connectivity index (χ1) is 10.2. The Kier molecular flexibility index (Phi) is 6.88. The largest absolute Gasteiger partial charge is 0.493 e. The van der Waals surface area contributed by atoms with Crippen LogP contribution in [0.4, 0.5) is 0 Å². The molecule has 0 saturated heterocycles. The van der Waals surface area contributed by atoms with Crippen LogP contribution >= 0.6 is 0 Å². The fourth-order valence-corrected chi connectivity index (χ4v) is 2.07. The lowest BCUT2D eigenvalue weighted by molar-refractivity contribution is -0.122. The molecule has 3 N–H and O–H groups in total. The van der Waals surface area contributed by atoms with Crippen molar-refractivity contribution in [3.63, 3.8) is 0 Å². The number of carbonyl (C=O) groups is 1. The fourth-order valence-electron chi connectivity index (χ4n) is 2.07. The van der Waals surface area contributed by atoms with Gasteiger partial charge in [0.1, 0.15) is 5.75 Å². The van der Waals surface area contributed by atoms with Crippen LogP contribution in [0, 0.1) is 5.92 Å². The van der Waals surface area contributed by atoms with Crippen molar-refractivity contribution < 1.29 is 9.53 Å². The van der Waals surface area contributed by atoms with Gasteiger partial charge in [0.2, 0.25) is 5.91 Å². The third-order valence-electron chi connectivity index (χ3n) is 3.44. The second-order valence-electron chi connectivity index (χ2n) is 6.92. The lowest BCUT2D eigenvalue weighted by Gasteiger charge is -2.27. The number of nitrogens with two attached hydrogens (primary N) is 1. The van der Waals surface area contributed by atoms with Gasteiger partial charge >= 0.3 is 0 Å². The molecule has 4 nitrogen and oxygen atoms in total. The van der Waals surface area contributed by atoms with Gasteiger partial charge in [0.05, 0.1) is 12.1 Å². The van der Waals surface area contributed by atoms with Gasteiger partial charge in [-0.15, -0.1) is 0 Å². The van der Waals surface area contributed by atoms with E-state index in [1.54, 1.807) is 0 Å². The molecule has 1 aromatic carbocycles. The molecule has 0 bridgehead atoms. The second-order valence-corrected chi connectivity index (χ2v) is 6.92. The van der Waals surface area contributed by atoms with Gasteiger partial charge in [-0.2, -0.15) is 0 Å². The van der Waals surface area contributed by atoms with Crippen molar-refractivity contribution in [2.75, 3.05) is 6.61 Å². The molecule has 0 heterocycles. The van der Waals surface area contributed by atoms with E-state index in [4.69, 9.17) is 10.5 Å². The molecule has 124 valence electrons. The number of nitrogens with one attached hydrogen (secondary N) is 1. The Morgan fingerprint density at radius 1 is 1.23 bits per heavy atom. The molecule has 0 radical (unpaired) electrons. The van der Waals surface area contributed by atoms with E-state index in [2.05, 4.69) is 19.2 Å². The standard InChI is InChI=1S/C18H30N2O2/c1-13(2)12-22-16-9-7-15(8-10-16)18(4,5)20-17(21)11-6-14(3)19/h7-10,13-14H,6,11-12,19H2,1-5H3,(H,20,21). The maximum absolute atomic E-state index is 12.0. The molecular formula is C18H30N2O2. The SMILES string of the molecule is CC(C)COc1ccc(C(C)(C)NC(=O)CCC(C)N)cc1. The summed E-state index contributed by atoms with van der Waals surface area (Å²) in [5.41, 5.74) is 6.33. The molecule has 4 heteroatoms. The Balaban J connectivity index is 2.62. The number of carbonyl (C=O) groups excluding carboxylic acids is 1. The quantitative estimate of drug-likeness (QED) is 0.775. The molecule has 1 unspecified atom stereocenters. The summed E-state index contributed by atoms with van der Waals surface area (Å²) < 4.78 is 5.68. The van der Waals surface area contributed by atoms with Crippen LogP contribution in [0.15, 0.2) is 24.3 Å². The van der Waals surface area contributed by atoms with Crippen molar-refractivity contribution in [1.82, 2.24) is 5.32 Å². The third kappa shape index (κ3) is 6.48. The van der Waals surface area contributed by atoms with Crippen molar-refractivity contribution in [1.29, 1.82) is 0 Å². The molecule has 0 aromatic heterocycles. The van der Waals surface area contributed by atoms with E-state index in [9.17, 15) is 4.79 Å². The summed E-state index contributed by atoms with van der Waals surface area (Å²) in [6, 6.07) is 7.95. The summed E-state index contributed by atoms with van der Waals surface area (Å²) in [6.07, 6.45) is 1.15. The van der Waals surface area contributed by atoms with Crippen molar-refractivity contribution in [2.45, 2.75) is 59.0 Å². The normalized spacial score (nSPS) is 13.0. The Labute approximate surface area is 134 Å². The highest BCUT2D eigenvalue weighted by Crippen LogP contribution is 2.23. The summed E-state index contributed by atoms with van der Waals surface area (Å²) in [7, 11) is 0. The molecule has 1 amide bonds. The summed E-state index contributed by atoms with van der Waals surface area (Å²) in [5.74, 6) is 1.39. The van der Waals surface area contributed by atoms with E-state index in [0.29, 0.717) is 25.4 Å². The van der Waals surface area contributed by atoms with E-state index < -0.39 is 5.54 Å². The zero-order valence-corrected chi connectivity index (χ0v) is 14.5. The van der Waals surface area contributed by atoms with Gasteiger partial charge in [0.25, 0.3) is 0 Å². The first-order valence-electron chi connectivity index (χ1n) is 8.00. The van der Waals surface area contributed by atoms with Crippen molar-refractivity contribution in [3.8, 4) is 5.75 Å². The lowest BCUT2D eigenvalue weighted by atomic mass is 9.94. The number of amides is 1. The molecule has 22 heavy (non-hydrogen) atoms. The van der Waals surface area contributed by atoms with Crippen LogP contribution in [0.25, 0.3) is 0 Å². The molecule has 0 saturated carbocycles. The minimum absolute atomic E-state index is 0.0300. The van der Waals surface area contributed by atoms with Crippen LogP contribution in [-0.4, -0.2) is 18.6 Å². The van der Waals surface area contributed by atoms with Crippen LogP contribution < -0.4 is 15.8 Å². The first kappa shape index (κ1) is 18.5. The van der Waals surface area contributed by atoms with Gasteiger partial charge in [0, 0.05) is 12.5 Å². The molecule has 1 rings (SSSR count). The summed E-state index contributed by atoms with van der Waals surface area (Å²) in [5, 5.41) is 3.06. The van der Waals surface area contributed by atoms with Crippen molar-refractivity contribution in [3.05, 3.63) is 29.8 Å². The maximum atomic E-state index is 12.0. The van der Waals surface area contributed by atoms with E-state index in [1.807, 2.05) is 45.0 Å². The molecule has 0 aliphatic carbocycles. The highest BCUT2D eigenvalue weighted by Gasteiger charge is 2.22.